The van der Waals surface area contributed by atoms with E-state index in [0.717, 1.165) is 11.1 Å². The molecule has 0 unspecified atom stereocenters. The summed E-state index contributed by atoms with van der Waals surface area (Å²) in [5, 5.41) is 3.35. The summed E-state index contributed by atoms with van der Waals surface area (Å²) in [4.78, 5) is 21.0. The molecular formula is C20H17ClFN3OS. The molecule has 138 valence electrons. The Morgan fingerprint density at radius 3 is 2.78 bits per heavy atom. The van der Waals surface area contributed by atoms with Gasteiger partial charge in [-0.15, -0.1) is 0 Å². The van der Waals surface area contributed by atoms with E-state index in [-0.39, 0.29) is 16.5 Å². The van der Waals surface area contributed by atoms with Crippen molar-refractivity contribution in [3.8, 4) is 0 Å². The molecule has 1 heterocycles. The van der Waals surface area contributed by atoms with Crippen LogP contribution in [-0.4, -0.2) is 15.9 Å². The number of amides is 1. The molecule has 0 fully saturated rings. The number of anilines is 1. The smallest absolute Gasteiger partial charge is 0.275 e. The summed E-state index contributed by atoms with van der Waals surface area (Å²) in [6.45, 7) is 3.86. The van der Waals surface area contributed by atoms with E-state index in [1.165, 1.54) is 24.0 Å². The van der Waals surface area contributed by atoms with Crippen LogP contribution in [-0.2, 0) is 5.75 Å². The fourth-order valence-electron chi connectivity index (χ4n) is 2.39. The third kappa shape index (κ3) is 4.84. The summed E-state index contributed by atoms with van der Waals surface area (Å²) in [5.74, 6) is -0.345. The van der Waals surface area contributed by atoms with Crippen molar-refractivity contribution in [3.05, 3.63) is 81.9 Å². The Hall–Kier alpha value is -2.44. The van der Waals surface area contributed by atoms with Gasteiger partial charge >= 0.3 is 0 Å². The molecule has 0 spiro atoms. The third-order valence-corrected chi connectivity index (χ3v) is 5.08. The minimum absolute atomic E-state index is 0.0867. The molecule has 0 aliphatic heterocycles. The molecule has 1 aromatic heterocycles. The van der Waals surface area contributed by atoms with Crippen LogP contribution in [0.4, 0.5) is 10.1 Å². The zero-order chi connectivity index (χ0) is 19.4. The summed E-state index contributed by atoms with van der Waals surface area (Å²) in [7, 11) is 0. The highest BCUT2D eigenvalue weighted by Gasteiger charge is 2.16. The fraction of sp³-hybridized carbons (Fsp3) is 0.150. The second kappa shape index (κ2) is 8.50. The first-order valence-corrected chi connectivity index (χ1v) is 9.58. The van der Waals surface area contributed by atoms with Crippen molar-refractivity contribution in [2.75, 3.05) is 5.32 Å². The van der Waals surface area contributed by atoms with Gasteiger partial charge in [-0.1, -0.05) is 53.7 Å². The number of hydrogen-bond donors (Lipinski definition) is 1. The minimum Gasteiger partial charge on any atom is -0.320 e. The van der Waals surface area contributed by atoms with E-state index >= 15 is 0 Å². The molecule has 0 radical (unpaired) electrons. The quantitative estimate of drug-likeness (QED) is 0.457. The topological polar surface area (TPSA) is 54.9 Å². The number of nitrogens with one attached hydrogen (secondary N) is 1. The molecule has 3 rings (SSSR count). The van der Waals surface area contributed by atoms with E-state index < -0.39 is 5.91 Å². The largest absolute Gasteiger partial charge is 0.320 e. The molecule has 4 nitrogen and oxygen atoms in total. The summed E-state index contributed by atoms with van der Waals surface area (Å²) in [6, 6.07) is 12.3. The van der Waals surface area contributed by atoms with Crippen molar-refractivity contribution in [2.24, 2.45) is 0 Å². The van der Waals surface area contributed by atoms with E-state index in [4.69, 9.17) is 11.6 Å². The molecule has 3 aromatic rings. The number of aromatic nitrogens is 2. The molecule has 0 aliphatic rings. The predicted molar refractivity (Wildman–Crippen MR) is 107 cm³/mol. The molecule has 7 heteroatoms. The van der Waals surface area contributed by atoms with Gasteiger partial charge in [0.15, 0.2) is 10.9 Å². The number of carbonyl (C=O) groups is 1. The zero-order valence-corrected chi connectivity index (χ0v) is 16.4. The van der Waals surface area contributed by atoms with Crippen LogP contribution in [0.5, 0.6) is 0 Å². The van der Waals surface area contributed by atoms with Crippen LogP contribution in [0.2, 0.25) is 5.02 Å². The van der Waals surface area contributed by atoms with E-state index in [9.17, 15) is 9.18 Å². The number of benzene rings is 2. The lowest BCUT2D eigenvalue weighted by Gasteiger charge is -2.10. The van der Waals surface area contributed by atoms with E-state index in [1.54, 1.807) is 18.2 Å². The molecule has 0 saturated heterocycles. The highest BCUT2D eigenvalue weighted by Crippen LogP contribution is 2.24. The Kier molecular flexibility index (Phi) is 6.08. The number of rotatable bonds is 5. The Bertz CT molecular complexity index is 997. The number of hydrogen-bond acceptors (Lipinski definition) is 4. The number of carbonyl (C=O) groups excluding carboxylic acids is 1. The molecule has 0 aliphatic carbocycles. The monoisotopic (exact) mass is 401 g/mol. The minimum atomic E-state index is -0.413. The molecular weight excluding hydrogens is 385 g/mol. The highest BCUT2D eigenvalue weighted by atomic mass is 35.5. The van der Waals surface area contributed by atoms with Gasteiger partial charge in [0, 0.05) is 11.4 Å². The maximum Gasteiger partial charge on any atom is 0.275 e. The van der Waals surface area contributed by atoms with E-state index in [0.29, 0.717) is 22.2 Å². The second-order valence-corrected chi connectivity index (χ2v) is 7.35. The zero-order valence-electron chi connectivity index (χ0n) is 14.8. The van der Waals surface area contributed by atoms with Crippen LogP contribution >= 0.6 is 23.4 Å². The second-order valence-electron chi connectivity index (χ2n) is 6.00. The first kappa shape index (κ1) is 19.3. The molecule has 1 amide bonds. The molecule has 2 aromatic carbocycles. The molecule has 0 saturated carbocycles. The van der Waals surface area contributed by atoms with Gasteiger partial charge in [0.05, 0.1) is 11.2 Å². The highest BCUT2D eigenvalue weighted by molar-refractivity contribution is 7.98. The van der Waals surface area contributed by atoms with Crippen LogP contribution in [0.15, 0.2) is 53.8 Å². The van der Waals surface area contributed by atoms with E-state index in [1.807, 2.05) is 32.0 Å². The Morgan fingerprint density at radius 2 is 2.00 bits per heavy atom. The van der Waals surface area contributed by atoms with Crippen LogP contribution in [0.25, 0.3) is 0 Å². The standard InChI is InChI=1S/C20H17ClFN3OS/c1-12-7-8-13(2)17(9-12)24-19(26)18-15(21)10-23-20(25-18)27-11-14-5-3-4-6-16(14)22/h3-10H,11H2,1-2H3,(H,24,26). The SMILES string of the molecule is Cc1ccc(C)c(NC(=O)c2nc(SCc3ccccc3F)ncc2Cl)c1. The lowest BCUT2D eigenvalue weighted by Crippen LogP contribution is -2.16. The molecule has 27 heavy (non-hydrogen) atoms. The van der Waals surface area contributed by atoms with Crippen molar-refractivity contribution in [1.29, 1.82) is 0 Å². The lowest BCUT2D eigenvalue weighted by atomic mass is 10.1. The van der Waals surface area contributed by atoms with Crippen molar-refractivity contribution >= 4 is 35.0 Å². The Morgan fingerprint density at radius 1 is 1.22 bits per heavy atom. The number of nitrogens with zero attached hydrogens (tertiary/aromatic N) is 2. The van der Waals surface area contributed by atoms with Gasteiger partial charge in [-0.2, -0.15) is 0 Å². The van der Waals surface area contributed by atoms with E-state index in [2.05, 4.69) is 15.3 Å². The van der Waals surface area contributed by atoms with Crippen LogP contribution in [0.1, 0.15) is 27.2 Å². The van der Waals surface area contributed by atoms with Crippen molar-refractivity contribution < 1.29 is 9.18 Å². The maximum absolute atomic E-state index is 13.7. The third-order valence-electron chi connectivity index (χ3n) is 3.89. The molecule has 1 N–H and O–H groups in total. The average molecular weight is 402 g/mol. The fourth-order valence-corrected chi connectivity index (χ4v) is 3.37. The van der Waals surface area contributed by atoms with Crippen LogP contribution < -0.4 is 5.32 Å². The summed E-state index contributed by atoms with van der Waals surface area (Å²) in [5.41, 5.74) is 3.31. The Labute approximate surface area is 166 Å². The van der Waals surface area contributed by atoms with Gasteiger partial charge in [-0.05, 0) is 42.7 Å². The van der Waals surface area contributed by atoms with Gasteiger partial charge in [-0.3, -0.25) is 4.79 Å². The number of aryl methyl sites for hydroxylation is 2. The first-order valence-electron chi connectivity index (χ1n) is 8.21. The van der Waals surface area contributed by atoms with Gasteiger partial charge < -0.3 is 5.32 Å². The average Bonchev–Trinajstić information content (AvgIpc) is 2.65. The number of thioether (sulfide) groups is 1. The van der Waals surface area contributed by atoms with Crippen molar-refractivity contribution in [2.45, 2.75) is 24.8 Å². The first-order chi connectivity index (χ1) is 12.9. The van der Waals surface area contributed by atoms with Crippen molar-refractivity contribution in [3.63, 3.8) is 0 Å². The van der Waals surface area contributed by atoms with Gasteiger partial charge in [0.2, 0.25) is 0 Å². The summed E-state index contributed by atoms with van der Waals surface area (Å²) in [6.07, 6.45) is 1.39. The van der Waals surface area contributed by atoms with Crippen molar-refractivity contribution in [1.82, 2.24) is 9.97 Å². The van der Waals surface area contributed by atoms with Crippen LogP contribution in [0.3, 0.4) is 0 Å². The molecule has 0 bridgehead atoms. The lowest BCUT2D eigenvalue weighted by molar-refractivity contribution is 0.102. The van der Waals surface area contributed by atoms with Gasteiger partial charge in [0.1, 0.15) is 5.82 Å². The van der Waals surface area contributed by atoms with Gasteiger partial charge in [-0.25, -0.2) is 14.4 Å². The number of halogens is 2. The van der Waals surface area contributed by atoms with Gasteiger partial charge in [0.25, 0.3) is 5.91 Å². The van der Waals surface area contributed by atoms with Crippen LogP contribution in [0, 0.1) is 19.7 Å². The summed E-state index contributed by atoms with van der Waals surface area (Å²) < 4.78 is 13.7. The molecule has 0 atom stereocenters. The predicted octanol–water partition coefficient (Wildman–Crippen LogP) is 5.43. The Balaban J connectivity index is 1.77. The maximum atomic E-state index is 13.7. The summed E-state index contributed by atoms with van der Waals surface area (Å²) >= 11 is 7.35. The normalized spacial score (nSPS) is 10.7.